The number of rotatable bonds is 11. The van der Waals surface area contributed by atoms with Gasteiger partial charge in [-0.1, -0.05) is 48.0 Å². The molecule has 0 aliphatic carbocycles. The van der Waals surface area contributed by atoms with Gasteiger partial charge in [-0.2, -0.15) is 0 Å². The van der Waals surface area contributed by atoms with Gasteiger partial charge in [-0.3, -0.25) is 9.59 Å². The molecule has 2 amide bonds. The highest BCUT2D eigenvalue weighted by atomic mass is 32.1. The molecule has 6 nitrogen and oxygen atoms in total. The molecule has 1 heterocycles. The first-order valence-electron chi connectivity index (χ1n) is 10.8. The van der Waals surface area contributed by atoms with Crippen LogP contribution in [0.5, 0.6) is 5.75 Å². The van der Waals surface area contributed by atoms with E-state index < -0.39 is 6.04 Å². The lowest BCUT2D eigenvalue weighted by atomic mass is 10.0. The Bertz CT molecular complexity index is 1020. The van der Waals surface area contributed by atoms with Crippen LogP contribution in [0.25, 0.3) is 0 Å². The lowest BCUT2D eigenvalue weighted by Gasteiger charge is -2.31. The summed E-state index contributed by atoms with van der Waals surface area (Å²) in [5.41, 5.74) is 2.80. The van der Waals surface area contributed by atoms with Crippen molar-refractivity contribution in [1.82, 2.24) is 10.2 Å². The SMILES string of the molecule is COCCN(C(=O)Cc1cccs1)[C@H](C(=O)NCc1ccc(OC)cc1)c1ccc(C)cc1. The minimum absolute atomic E-state index is 0.111. The maximum atomic E-state index is 13.5. The fraction of sp³-hybridized carbons (Fsp3) is 0.308. The lowest BCUT2D eigenvalue weighted by Crippen LogP contribution is -2.45. The van der Waals surface area contributed by atoms with Gasteiger partial charge in [0.05, 0.1) is 20.1 Å². The number of nitrogens with zero attached hydrogens (tertiary/aromatic N) is 1. The summed E-state index contributed by atoms with van der Waals surface area (Å²) in [6, 6.07) is 18.3. The molecule has 1 N–H and O–H groups in total. The van der Waals surface area contributed by atoms with Crippen LogP contribution in [0.4, 0.5) is 0 Å². The first-order chi connectivity index (χ1) is 16.0. The van der Waals surface area contributed by atoms with Crippen molar-refractivity contribution in [2.45, 2.75) is 25.9 Å². The van der Waals surface area contributed by atoms with Crippen molar-refractivity contribution in [2.75, 3.05) is 27.4 Å². The minimum atomic E-state index is -0.758. The maximum Gasteiger partial charge on any atom is 0.247 e. The van der Waals surface area contributed by atoms with Crippen LogP contribution in [0.3, 0.4) is 0 Å². The van der Waals surface area contributed by atoms with Crippen LogP contribution >= 0.6 is 11.3 Å². The predicted molar refractivity (Wildman–Crippen MR) is 130 cm³/mol. The minimum Gasteiger partial charge on any atom is -0.497 e. The van der Waals surface area contributed by atoms with Gasteiger partial charge in [0.2, 0.25) is 11.8 Å². The summed E-state index contributed by atoms with van der Waals surface area (Å²) < 4.78 is 10.5. The van der Waals surface area contributed by atoms with E-state index in [9.17, 15) is 9.59 Å². The molecule has 1 aromatic heterocycles. The molecule has 0 radical (unpaired) electrons. The molecule has 0 fully saturated rings. The zero-order chi connectivity index (χ0) is 23.6. The molecule has 0 saturated carbocycles. The quantitative estimate of drug-likeness (QED) is 0.461. The van der Waals surface area contributed by atoms with Crippen LogP contribution in [0.1, 0.15) is 27.6 Å². The first kappa shape index (κ1) is 24.5. The van der Waals surface area contributed by atoms with E-state index >= 15 is 0 Å². The van der Waals surface area contributed by atoms with Crippen LogP contribution in [0.15, 0.2) is 66.0 Å². The first-order valence-corrected chi connectivity index (χ1v) is 11.7. The molecule has 0 aliphatic heterocycles. The van der Waals surface area contributed by atoms with Gasteiger partial charge in [-0.15, -0.1) is 11.3 Å². The summed E-state index contributed by atoms with van der Waals surface area (Å²) in [4.78, 5) is 29.4. The number of amides is 2. The van der Waals surface area contributed by atoms with E-state index in [1.165, 1.54) is 11.3 Å². The third-order valence-corrected chi connectivity index (χ3v) is 6.22. The monoisotopic (exact) mass is 466 g/mol. The van der Waals surface area contributed by atoms with Gasteiger partial charge in [0.15, 0.2) is 0 Å². The number of nitrogens with one attached hydrogen (secondary N) is 1. The maximum absolute atomic E-state index is 13.5. The van der Waals surface area contributed by atoms with Crippen LogP contribution < -0.4 is 10.1 Å². The number of aryl methyl sites for hydroxylation is 1. The van der Waals surface area contributed by atoms with Gasteiger partial charge in [0.1, 0.15) is 11.8 Å². The molecule has 1 atom stereocenters. The summed E-state index contributed by atoms with van der Waals surface area (Å²) in [6.45, 7) is 3.00. The van der Waals surface area contributed by atoms with Gasteiger partial charge in [-0.05, 0) is 41.6 Å². The van der Waals surface area contributed by atoms with Crippen molar-refractivity contribution in [1.29, 1.82) is 0 Å². The number of hydrogen-bond donors (Lipinski definition) is 1. The van der Waals surface area contributed by atoms with E-state index in [1.54, 1.807) is 19.1 Å². The normalized spacial score (nSPS) is 11.6. The zero-order valence-electron chi connectivity index (χ0n) is 19.2. The fourth-order valence-electron chi connectivity index (χ4n) is 3.50. The number of ether oxygens (including phenoxy) is 2. The molecule has 7 heteroatoms. The summed E-state index contributed by atoms with van der Waals surface area (Å²) in [7, 11) is 3.21. The molecule has 2 aromatic carbocycles. The molecule has 0 aliphatic rings. The van der Waals surface area contributed by atoms with Crippen molar-refractivity contribution in [3.63, 3.8) is 0 Å². The van der Waals surface area contributed by atoms with E-state index in [-0.39, 0.29) is 18.2 Å². The van der Waals surface area contributed by atoms with Gasteiger partial charge in [0.25, 0.3) is 0 Å². The molecule has 0 bridgehead atoms. The van der Waals surface area contributed by atoms with Gasteiger partial charge in [0, 0.05) is 25.1 Å². The summed E-state index contributed by atoms with van der Waals surface area (Å²) >= 11 is 1.53. The van der Waals surface area contributed by atoms with E-state index in [2.05, 4.69) is 5.32 Å². The van der Waals surface area contributed by atoms with E-state index in [0.717, 1.165) is 27.3 Å². The Balaban J connectivity index is 1.85. The Kier molecular flexibility index (Phi) is 9.04. The standard InChI is InChI=1S/C26H30N2O4S/c1-19-6-10-21(11-7-19)25(26(30)27-18-20-8-12-22(32-3)13-9-20)28(14-15-31-2)24(29)17-23-5-4-16-33-23/h4-13,16,25H,14-15,17-18H2,1-3H3,(H,27,30)/t25-/m0/s1. The second-order valence-corrected chi connectivity index (χ2v) is 8.75. The second-order valence-electron chi connectivity index (χ2n) is 7.72. The average Bonchev–Trinajstić information content (AvgIpc) is 3.34. The number of carbonyl (C=O) groups excluding carboxylic acids is 2. The molecule has 3 rings (SSSR count). The third-order valence-electron chi connectivity index (χ3n) is 5.34. The van der Waals surface area contributed by atoms with Crippen LogP contribution in [-0.4, -0.2) is 44.1 Å². The Labute approximate surface area is 199 Å². The van der Waals surface area contributed by atoms with Crippen molar-refractivity contribution < 1.29 is 19.1 Å². The van der Waals surface area contributed by atoms with Gasteiger partial charge in [-0.25, -0.2) is 0 Å². The Morgan fingerprint density at radius 3 is 2.36 bits per heavy atom. The van der Waals surface area contributed by atoms with Crippen molar-refractivity contribution in [2.24, 2.45) is 0 Å². The zero-order valence-corrected chi connectivity index (χ0v) is 20.1. The Hall–Kier alpha value is -3.16. The van der Waals surface area contributed by atoms with Crippen LogP contribution in [0.2, 0.25) is 0 Å². The fourth-order valence-corrected chi connectivity index (χ4v) is 4.20. The third kappa shape index (κ3) is 6.91. The summed E-state index contributed by atoms with van der Waals surface area (Å²) in [5, 5.41) is 4.95. The van der Waals surface area contributed by atoms with E-state index in [4.69, 9.17) is 9.47 Å². The molecule has 0 unspecified atom stereocenters. The molecule has 3 aromatic rings. The lowest BCUT2D eigenvalue weighted by molar-refractivity contribution is -0.141. The number of carbonyl (C=O) groups is 2. The number of methoxy groups -OCH3 is 2. The number of hydrogen-bond acceptors (Lipinski definition) is 5. The van der Waals surface area contributed by atoms with Crippen LogP contribution in [0, 0.1) is 6.92 Å². The molecule has 33 heavy (non-hydrogen) atoms. The summed E-state index contributed by atoms with van der Waals surface area (Å²) in [5.74, 6) is 0.414. The molecular weight excluding hydrogens is 436 g/mol. The molecule has 0 spiro atoms. The summed E-state index contributed by atoms with van der Waals surface area (Å²) in [6.07, 6.45) is 0.246. The molecule has 174 valence electrons. The molecular formula is C26H30N2O4S. The van der Waals surface area contributed by atoms with Crippen LogP contribution in [-0.2, 0) is 27.3 Å². The van der Waals surface area contributed by atoms with Crippen molar-refractivity contribution in [3.8, 4) is 5.75 Å². The number of benzene rings is 2. The average molecular weight is 467 g/mol. The highest BCUT2D eigenvalue weighted by molar-refractivity contribution is 7.10. The largest absolute Gasteiger partial charge is 0.497 e. The Morgan fingerprint density at radius 1 is 1.03 bits per heavy atom. The van der Waals surface area contributed by atoms with Gasteiger partial charge >= 0.3 is 0 Å². The van der Waals surface area contributed by atoms with E-state index in [1.807, 2.05) is 73.0 Å². The predicted octanol–water partition coefficient (Wildman–Crippen LogP) is 4.14. The van der Waals surface area contributed by atoms with E-state index in [0.29, 0.717) is 19.7 Å². The topological polar surface area (TPSA) is 67.9 Å². The second kappa shape index (κ2) is 12.2. The van der Waals surface area contributed by atoms with Crippen molar-refractivity contribution >= 4 is 23.2 Å². The smallest absolute Gasteiger partial charge is 0.247 e. The van der Waals surface area contributed by atoms with Crippen molar-refractivity contribution in [3.05, 3.63) is 87.6 Å². The van der Waals surface area contributed by atoms with Gasteiger partial charge < -0.3 is 19.7 Å². The highest BCUT2D eigenvalue weighted by Crippen LogP contribution is 2.24. The number of thiophene rings is 1. The highest BCUT2D eigenvalue weighted by Gasteiger charge is 2.31. The molecule has 0 saturated heterocycles. The Morgan fingerprint density at radius 2 is 1.76 bits per heavy atom.